The summed E-state index contributed by atoms with van der Waals surface area (Å²) in [6, 6.07) is 0. The Kier molecular flexibility index (Phi) is 9.63. The van der Waals surface area contributed by atoms with Crippen LogP contribution in [0.4, 0.5) is 4.79 Å². The van der Waals surface area contributed by atoms with E-state index < -0.39 is 0 Å². The van der Waals surface area contributed by atoms with Crippen molar-refractivity contribution in [1.82, 2.24) is 5.32 Å². The molecule has 0 aromatic carbocycles. The smallest absolute Gasteiger partial charge is 0.407 e. The van der Waals surface area contributed by atoms with Gasteiger partial charge in [-0.15, -0.1) is 0 Å². The van der Waals surface area contributed by atoms with Crippen molar-refractivity contribution < 1.29 is 9.53 Å². The lowest BCUT2D eigenvalue weighted by atomic mass is 10.3. The number of unbranched alkanes of at least 4 members (excludes halogenated alkanes) is 1. The molecule has 0 atom stereocenters. The number of alkyl carbamates (subject to hydrolysis) is 1. The fourth-order valence-electron chi connectivity index (χ4n) is 0.673. The van der Waals surface area contributed by atoms with Crippen LogP contribution in [0.25, 0.3) is 0 Å². The van der Waals surface area contributed by atoms with Crippen LogP contribution in [0.1, 0.15) is 19.8 Å². The molecule has 4 heteroatoms. The van der Waals surface area contributed by atoms with Crippen molar-refractivity contribution >= 4 is 28.7 Å². The molecule has 1 amide bonds. The Balaban J connectivity index is 3.25. The second-order valence-corrected chi connectivity index (χ2v) is 3.39. The zero-order chi connectivity index (χ0) is 9.94. The van der Waals surface area contributed by atoms with Gasteiger partial charge in [-0.2, -0.15) is 0 Å². The number of amides is 1. The molecule has 0 unspecified atom stereocenters. The van der Waals surface area contributed by atoms with Crippen LogP contribution in [-0.4, -0.2) is 23.7 Å². The predicted molar refractivity (Wildman–Crippen MR) is 62.3 cm³/mol. The molecule has 13 heavy (non-hydrogen) atoms. The number of allylic oxidation sites excluding steroid dienone is 1. The zero-order valence-electron chi connectivity index (χ0n) is 7.88. The summed E-state index contributed by atoms with van der Waals surface area (Å²) in [5.74, 6) is 0. The number of hydrogen-bond donors (Lipinski definition) is 1. The minimum Gasteiger partial charge on any atom is -0.445 e. The quantitative estimate of drug-likeness (QED) is 0.354. The first-order valence-corrected chi connectivity index (χ1v) is 5.95. The van der Waals surface area contributed by atoms with E-state index in [1.165, 1.54) is 0 Å². The normalized spacial score (nSPS) is 10.3. The molecule has 0 spiro atoms. The van der Waals surface area contributed by atoms with E-state index in [1.54, 1.807) is 0 Å². The molecule has 0 saturated carbocycles. The Labute approximate surface area is 93.1 Å². The average Bonchev–Trinajstić information content (AvgIpc) is 2.13. The van der Waals surface area contributed by atoms with Crippen LogP contribution < -0.4 is 5.32 Å². The van der Waals surface area contributed by atoms with E-state index in [-0.39, 0.29) is 6.09 Å². The standard InChI is InChI=1S/C9H16INO2/c1-2-3-7-11-9(12)13-8-5-4-6-10/h4-5H,2-3,6-8H2,1H3,(H,11,12). The summed E-state index contributed by atoms with van der Waals surface area (Å²) in [5.41, 5.74) is 0. The van der Waals surface area contributed by atoms with Crippen LogP contribution in [0.5, 0.6) is 0 Å². The molecule has 76 valence electrons. The van der Waals surface area contributed by atoms with Crippen molar-refractivity contribution in [1.29, 1.82) is 0 Å². The highest BCUT2D eigenvalue weighted by atomic mass is 127. The lowest BCUT2D eigenvalue weighted by Crippen LogP contribution is -2.25. The third kappa shape index (κ3) is 9.66. The van der Waals surface area contributed by atoms with E-state index in [9.17, 15) is 4.79 Å². The number of rotatable bonds is 6. The Bertz CT molecular complexity index is 160. The lowest BCUT2D eigenvalue weighted by molar-refractivity contribution is 0.158. The number of nitrogens with one attached hydrogen (secondary N) is 1. The van der Waals surface area contributed by atoms with E-state index in [1.807, 2.05) is 12.2 Å². The first-order chi connectivity index (χ1) is 6.31. The van der Waals surface area contributed by atoms with Crippen LogP contribution in [0.15, 0.2) is 12.2 Å². The van der Waals surface area contributed by atoms with Gasteiger partial charge in [0.05, 0.1) is 0 Å². The number of carbonyl (C=O) groups excluding carboxylic acids is 1. The Hall–Kier alpha value is -0.260. The van der Waals surface area contributed by atoms with Gasteiger partial charge in [-0.3, -0.25) is 0 Å². The number of carbonyl (C=O) groups is 1. The van der Waals surface area contributed by atoms with E-state index in [0.717, 1.165) is 17.3 Å². The molecule has 0 aliphatic heterocycles. The van der Waals surface area contributed by atoms with Crippen LogP contribution in [0.3, 0.4) is 0 Å². The molecule has 0 heterocycles. The second kappa shape index (κ2) is 9.83. The van der Waals surface area contributed by atoms with Crippen LogP contribution >= 0.6 is 22.6 Å². The van der Waals surface area contributed by atoms with E-state index in [2.05, 4.69) is 34.8 Å². The van der Waals surface area contributed by atoms with E-state index in [0.29, 0.717) is 13.2 Å². The van der Waals surface area contributed by atoms with Gasteiger partial charge in [-0.1, -0.05) is 48.1 Å². The van der Waals surface area contributed by atoms with Crippen molar-refractivity contribution in [3.63, 3.8) is 0 Å². The number of alkyl halides is 1. The molecular weight excluding hydrogens is 281 g/mol. The molecule has 0 rings (SSSR count). The maximum absolute atomic E-state index is 10.9. The fourth-order valence-corrected chi connectivity index (χ4v) is 1.03. The first kappa shape index (κ1) is 12.7. The van der Waals surface area contributed by atoms with Crippen molar-refractivity contribution in [2.24, 2.45) is 0 Å². The summed E-state index contributed by atoms with van der Waals surface area (Å²) in [6.07, 6.45) is 5.55. The van der Waals surface area contributed by atoms with Gasteiger partial charge >= 0.3 is 6.09 Å². The lowest BCUT2D eigenvalue weighted by Gasteiger charge is -2.03. The molecule has 0 saturated heterocycles. The molecule has 0 fully saturated rings. The fraction of sp³-hybridized carbons (Fsp3) is 0.667. The predicted octanol–water partition coefficient (Wildman–Crippen LogP) is 2.50. The minimum absolute atomic E-state index is 0.327. The number of ether oxygens (including phenoxy) is 1. The van der Waals surface area contributed by atoms with Crippen LogP contribution in [0, 0.1) is 0 Å². The highest BCUT2D eigenvalue weighted by Gasteiger charge is 1.96. The highest BCUT2D eigenvalue weighted by molar-refractivity contribution is 14.1. The molecule has 3 nitrogen and oxygen atoms in total. The monoisotopic (exact) mass is 297 g/mol. The molecule has 0 radical (unpaired) electrons. The molecule has 0 aliphatic rings. The zero-order valence-corrected chi connectivity index (χ0v) is 10.0. The topological polar surface area (TPSA) is 38.3 Å². The molecule has 0 aromatic rings. The Morgan fingerprint density at radius 3 is 2.92 bits per heavy atom. The number of hydrogen-bond acceptors (Lipinski definition) is 2. The van der Waals surface area contributed by atoms with Gasteiger partial charge in [0.1, 0.15) is 6.61 Å². The van der Waals surface area contributed by atoms with Gasteiger partial charge in [0.25, 0.3) is 0 Å². The maximum Gasteiger partial charge on any atom is 0.407 e. The van der Waals surface area contributed by atoms with Gasteiger partial charge < -0.3 is 10.1 Å². The van der Waals surface area contributed by atoms with Crippen molar-refractivity contribution in [3.8, 4) is 0 Å². The molecule has 0 aliphatic carbocycles. The van der Waals surface area contributed by atoms with Crippen molar-refractivity contribution in [3.05, 3.63) is 12.2 Å². The SMILES string of the molecule is CCCCNC(=O)OCC=CCI. The largest absolute Gasteiger partial charge is 0.445 e. The Morgan fingerprint density at radius 1 is 1.54 bits per heavy atom. The summed E-state index contributed by atoms with van der Waals surface area (Å²) < 4.78 is 5.79. The summed E-state index contributed by atoms with van der Waals surface area (Å²) in [5, 5.41) is 2.66. The summed E-state index contributed by atoms with van der Waals surface area (Å²) in [4.78, 5) is 10.9. The molecule has 0 bridgehead atoms. The van der Waals surface area contributed by atoms with Crippen LogP contribution in [-0.2, 0) is 4.74 Å². The highest BCUT2D eigenvalue weighted by Crippen LogP contribution is 1.86. The Morgan fingerprint density at radius 2 is 2.31 bits per heavy atom. The third-order valence-corrected chi connectivity index (χ3v) is 1.87. The summed E-state index contributed by atoms with van der Waals surface area (Å²) in [6.45, 7) is 3.14. The third-order valence-electron chi connectivity index (χ3n) is 1.37. The van der Waals surface area contributed by atoms with Crippen molar-refractivity contribution in [2.75, 3.05) is 17.6 Å². The molecular formula is C9H16INO2. The minimum atomic E-state index is -0.327. The van der Waals surface area contributed by atoms with E-state index >= 15 is 0 Å². The van der Waals surface area contributed by atoms with E-state index in [4.69, 9.17) is 4.74 Å². The summed E-state index contributed by atoms with van der Waals surface area (Å²) >= 11 is 2.23. The molecule has 1 N–H and O–H groups in total. The second-order valence-electron chi connectivity index (χ2n) is 2.50. The number of halogens is 1. The summed E-state index contributed by atoms with van der Waals surface area (Å²) in [7, 11) is 0. The first-order valence-electron chi connectivity index (χ1n) is 4.42. The van der Waals surface area contributed by atoms with Gasteiger partial charge in [0.2, 0.25) is 0 Å². The molecule has 0 aromatic heterocycles. The van der Waals surface area contributed by atoms with Gasteiger partial charge in [-0.05, 0) is 6.42 Å². The van der Waals surface area contributed by atoms with Gasteiger partial charge in [-0.25, -0.2) is 4.79 Å². The van der Waals surface area contributed by atoms with Gasteiger partial charge in [0.15, 0.2) is 0 Å². The van der Waals surface area contributed by atoms with Crippen LogP contribution in [0.2, 0.25) is 0 Å². The van der Waals surface area contributed by atoms with Crippen molar-refractivity contribution in [2.45, 2.75) is 19.8 Å². The maximum atomic E-state index is 10.9. The van der Waals surface area contributed by atoms with Gasteiger partial charge in [0, 0.05) is 11.0 Å². The average molecular weight is 297 g/mol.